The van der Waals surface area contributed by atoms with Crippen LogP contribution in [-0.4, -0.2) is 17.0 Å². The fourth-order valence-corrected chi connectivity index (χ4v) is 2.93. The molecule has 0 unspecified atom stereocenters. The number of benzene rings is 1. The minimum Gasteiger partial charge on any atom is -0.373 e. The van der Waals surface area contributed by atoms with Crippen molar-refractivity contribution in [2.75, 3.05) is 12.4 Å². The Labute approximate surface area is 125 Å². The summed E-state index contributed by atoms with van der Waals surface area (Å²) in [7, 11) is 1.90. The van der Waals surface area contributed by atoms with Gasteiger partial charge in [0.1, 0.15) is 16.7 Å². The van der Waals surface area contributed by atoms with Crippen LogP contribution in [-0.2, 0) is 12.2 Å². The third-order valence-electron chi connectivity index (χ3n) is 3.12. The first-order valence-electron chi connectivity index (χ1n) is 6.96. The van der Waals surface area contributed by atoms with Crippen LogP contribution in [0.15, 0.2) is 35.4 Å². The Kier molecular flexibility index (Phi) is 5.41. The Hall–Kier alpha value is -1.55. The molecule has 0 radical (unpaired) electrons. The van der Waals surface area contributed by atoms with Crippen molar-refractivity contribution in [3.63, 3.8) is 0 Å². The van der Waals surface area contributed by atoms with E-state index >= 15 is 0 Å². The van der Waals surface area contributed by atoms with E-state index in [9.17, 15) is 0 Å². The van der Waals surface area contributed by atoms with E-state index in [0.29, 0.717) is 0 Å². The average molecular weight is 287 g/mol. The molecule has 106 valence electrons. The van der Waals surface area contributed by atoms with Crippen molar-refractivity contribution in [2.24, 2.45) is 0 Å². The molecule has 0 spiro atoms. The zero-order valence-corrected chi connectivity index (χ0v) is 13.1. The Balaban J connectivity index is 2.12. The number of nitrogens with zero attached hydrogens (tertiary/aromatic N) is 2. The number of thioether (sulfide) groups is 1. The van der Waals surface area contributed by atoms with Gasteiger partial charge in [-0.3, -0.25) is 0 Å². The molecule has 0 atom stereocenters. The minimum absolute atomic E-state index is 0.899. The van der Waals surface area contributed by atoms with E-state index in [-0.39, 0.29) is 0 Å². The highest BCUT2D eigenvalue weighted by molar-refractivity contribution is 7.98. The van der Waals surface area contributed by atoms with Crippen molar-refractivity contribution in [3.8, 4) is 0 Å². The van der Waals surface area contributed by atoms with E-state index in [1.165, 1.54) is 11.1 Å². The third-order valence-corrected chi connectivity index (χ3v) is 4.08. The number of anilines is 1. The van der Waals surface area contributed by atoms with E-state index in [0.717, 1.165) is 35.3 Å². The summed E-state index contributed by atoms with van der Waals surface area (Å²) in [5, 5.41) is 4.15. The van der Waals surface area contributed by atoms with Crippen molar-refractivity contribution in [1.29, 1.82) is 0 Å². The lowest BCUT2D eigenvalue weighted by Crippen LogP contribution is -2.01. The van der Waals surface area contributed by atoms with Crippen LogP contribution < -0.4 is 5.32 Å². The molecule has 0 saturated heterocycles. The highest BCUT2D eigenvalue weighted by Gasteiger charge is 2.05. The van der Waals surface area contributed by atoms with Crippen LogP contribution in [0.4, 0.5) is 5.82 Å². The lowest BCUT2D eigenvalue weighted by atomic mass is 10.1. The Morgan fingerprint density at radius 2 is 2.00 bits per heavy atom. The van der Waals surface area contributed by atoms with Gasteiger partial charge in [0.25, 0.3) is 0 Å². The lowest BCUT2D eigenvalue weighted by Gasteiger charge is -2.08. The van der Waals surface area contributed by atoms with Gasteiger partial charge in [0.05, 0.1) is 0 Å². The molecular formula is C16H21N3S. The zero-order valence-electron chi connectivity index (χ0n) is 12.3. The number of hydrogen-bond donors (Lipinski definition) is 1. The van der Waals surface area contributed by atoms with Gasteiger partial charge in [0, 0.05) is 25.3 Å². The Bertz CT molecular complexity index is 569. The fourth-order valence-electron chi connectivity index (χ4n) is 1.93. The third kappa shape index (κ3) is 3.97. The van der Waals surface area contributed by atoms with Gasteiger partial charge in [-0.25, -0.2) is 9.97 Å². The van der Waals surface area contributed by atoms with Gasteiger partial charge < -0.3 is 5.32 Å². The predicted molar refractivity (Wildman–Crippen MR) is 86.3 cm³/mol. The topological polar surface area (TPSA) is 37.8 Å². The molecule has 0 amide bonds. The molecule has 20 heavy (non-hydrogen) atoms. The van der Waals surface area contributed by atoms with Crippen molar-refractivity contribution in [2.45, 2.75) is 37.5 Å². The summed E-state index contributed by atoms with van der Waals surface area (Å²) >= 11 is 1.77. The van der Waals surface area contributed by atoms with E-state index in [4.69, 9.17) is 0 Å². The van der Waals surface area contributed by atoms with Gasteiger partial charge in [0.15, 0.2) is 0 Å². The Morgan fingerprint density at radius 1 is 1.20 bits per heavy atom. The summed E-state index contributed by atoms with van der Waals surface area (Å²) in [5.41, 5.74) is 2.69. The maximum absolute atomic E-state index is 4.63. The summed E-state index contributed by atoms with van der Waals surface area (Å²) in [6, 6.07) is 10.5. The molecule has 1 heterocycles. The monoisotopic (exact) mass is 287 g/mol. The maximum Gasteiger partial charge on any atom is 0.132 e. The molecule has 1 aromatic heterocycles. The molecule has 0 aliphatic heterocycles. The molecule has 4 heteroatoms. The molecule has 1 aromatic carbocycles. The lowest BCUT2D eigenvalue weighted by molar-refractivity contribution is 0.811. The summed E-state index contributed by atoms with van der Waals surface area (Å²) in [5.74, 6) is 2.76. The van der Waals surface area contributed by atoms with Crippen molar-refractivity contribution >= 4 is 17.6 Å². The summed E-state index contributed by atoms with van der Waals surface area (Å²) in [4.78, 5) is 9.11. The van der Waals surface area contributed by atoms with Crippen molar-refractivity contribution in [3.05, 3.63) is 47.3 Å². The summed E-state index contributed by atoms with van der Waals surface area (Å²) in [6.07, 6.45) is 1.99. The highest BCUT2D eigenvalue weighted by Crippen LogP contribution is 2.24. The first kappa shape index (κ1) is 14.9. The fraction of sp³-hybridized carbons (Fsp3) is 0.375. The van der Waals surface area contributed by atoms with Crippen LogP contribution in [0.2, 0.25) is 0 Å². The number of aromatic nitrogens is 2. The molecule has 2 rings (SSSR count). The van der Waals surface area contributed by atoms with Gasteiger partial charge in [-0.15, -0.1) is 11.8 Å². The van der Waals surface area contributed by atoms with Crippen molar-refractivity contribution < 1.29 is 0 Å². The van der Waals surface area contributed by atoms with E-state index in [1.807, 2.05) is 13.1 Å². The van der Waals surface area contributed by atoms with Crippen LogP contribution in [0.5, 0.6) is 0 Å². The van der Waals surface area contributed by atoms with E-state index in [2.05, 4.69) is 53.4 Å². The van der Waals surface area contributed by atoms with Crippen molar-refractivity contribution in [1.82, 2.24) is 9.97 Å². The number of aryl methyl sites for hydroxylation is 2. The normalized spacial score (nSPS) is 10.6. The largest absolute Gasteiger partial charge is 0.373 e. The van der Waals surface area contributed by atoms with Crippen LogP contribution in [0.3, 0.4) is 0 Å². The summed E-state index contributed by atoms with van der Waals surface area (Å²) < 4.78 is 0. The molecule has 0 aliphatic carbocycles. The van der Waals surface area contributed by atoms with Crippen LogP contribution in [0, 0.1) is 6.92 Å². The molecular weight excluding hydrogens is 266 g/mol. The Morgan fingerprint density at radius 3 is 2.70 bits per heavy atom. The summed E-state index contributed by atoms with van der Waals surface area (Å²) in [6.45, 7) is 4.30. The van der Waals surface area contributed by atoms with Crippen LogP contribution in [0.25, 0.3) is 0 Å². The second kappa shape index (κ2) is 7.29. The van der Waals surface area contributed by atoms with Gasteiger partial charge in [-0.1, -0.05) is 31.2 Å². The van der Waals surface area contributed by atoms with Gasteiger partial charge in [-0.2, -0.15) is 0 Å². The molecule has 0 bridgehead atoms. The number of rotatable bonds is 6. The van der Waals surface area contributed by atoms with Gasteiger partial charge >= 0.3 is 0 Å². The molecule has 0 saturated carbocycles. The SMILES string of the molecule is CCCc1nc(NC)cc(SCc2ccccc2C)n1. The minimum atomic E-state index is 0.899. The molecule has 0 fully saturated rings. The van der Waals surface area contributed by atoms with Gasteiger partial charge in [-0.05, 0) is 24.5 Å². The first-order valence-corrected chi connectivity index (χ1v) is 7.94. The molecule has 3 nitrogen and oxygen atoms in total. The van der Waals surface area contributed by atoms with E-state index < -0.39 is 0 Å². The van der Waals surface area contributed by atoms with Gasteiger partial charge in [0.2, 0.25) is 0 Å². The molecule has 0 aliphatic rings. The second-order valence-electron chi connectivity index (χ2n) is 4.72. The quantitative estimate of drug-likeness (QED) is 0.642. The second-order valence-corrected chi connectivity index (χ2v) is 5.72. The number of hydrogen-bond acceptors (Lipinski definition) is 4. The maximum atomic E-state index is 4.63. The first-order chi connectivity index (χ1) is 9.72. The van der Waals surface area contributed by atoms with E-state index in [1.54, 1.807) is 11.8 Å². The molecule has 1 N–H and O–H groups in total. The predicted octanol–water partition coefficient (Wildman–Crippen LogP) is 4.07. The smallest absolute Gasteiger partial charge is 0.132 e. The molecule has 2 aromatic rings. The van der Waals surface area contributed by atoms with Crippen LogP contribution in [0.1, 0.15) is 30.3 Å². The highest BCUT2D eigenvalue weighted by atomic mass is 32.2. The average Bonchev–Trinajstić information content (AvgIpc) is 2.46. The number of nitrogens with one attached hydrogen (secondary N) is 1. The standard InChI is InChI=1S/C16H21N3S/c1-4-7-14-18-15(17-3)10-16(19-14)20-11-13-9-6-5-8-12(13)2/h5-6,8-10H,4,7,11H2,1-3H3,(H,17,18,19). The van der Waals surface area contributed by atoms with Crippen LogP contribution >= 0.6 is 11.8 Å². The zero-order chi connectivity index (χ0) is 14.4.